The Kier molecular flexibility index (Phi) is 9.16. The number of non-ortho nitro benzene ring substituents is 1. The zero-order valence-electron chi connectivity index (χ0n) is 25.0. The van der Waals surface area contributed by atoms with Crippen LogP contribution in [0.4, 0.5) is 22.7 Å². The Morgan fingerprint density at radius 1 is 0.957 bits per heavy atom. The molecule has 3 heterocycles. The predicted molar refractivity (Wildman–Crippen MR) is 184 cm³/mol. The minimum absolute atomic E-state index is 0.170. The molecule has 242 valence electrons. The number of nitrogens with zero attached hydrogens (tertiary/aromatic N) is 4. The van der Waals surface area contributed by atoms with E-state index in [-0.39, 0.29) is 22.9 Å². The largest absolute Gasteiger partial charge is 0.372 e. The maximum absolute atomic E-state index is 14.1. The molecule has 15 heteroatoms. The quantitative estimate of drug-likeness (QED) is 0.120. The van der Waals surface area contributed by atoms with Crippen LogP contribution < -0.4 is 20.0 Å². The molecule has 2 aliphatic heterocycles. The van der Waals surface area contributed by atoms with Crippen molar-refractivity contribution in [1.82, 2.24) is 4.57 Å². The smallest absolute Gasteiger partial charge is 0.308 e. The van der Waals surface area contributed by atoms with Gasteiger partial charge in [0.1, 0.15) is 11.8 Å². The number of amides is 3. The highest BCUT2D eigenvalue weighted by Gasteiger charge is 2.56. The topological polar surface area (TPSA) is 135 Å². The number of nitro benzene ring substituents is 1. The average molecular weight is 713 g/mol. The number of aromatic nitrogens is 1. The van der Waals surface area contributed by atoms with Gasteiger partial charge in [0.15, 0.2) is 0 Å². The minimum Gasteiger partial charge on any atom is -0.372 e. The lowest BCUT2D eigenvalue weighted by molar-refractivity contribution is -0.384. The van der Waals surface area contributed by atoms with Gasteiger partial charge in [-0.05, 0) is 61.9 Å². The number of carbonyl (C=O) groups excluding carboxylic acids is 3. The molecule has 1 fully saturated rings. The van der Waals surface area contributed by atoms with Crippen LogP contribution in [-0.4, -0.2) is 45.6 Å². The number of carbonyl (C=O) groups is 3. The van der Waals surface area contributed by atoms with Crippen molar-refractivity contribution < 1.29 is 19.3 Å². The van der Waals surface area contributed by atoms with Gasteiger partial charge in [-0.3, -0.25) is 33.9 Å². The summed E-state index contributed by atoms with van der Waals surface area (Å²) in [6.45, 7) is 5.38. The summed E-state index contributed by atoms with van der Waals surface area (Å²) in [5.41, 5.74) is 2.19. The fourth-order valence-electron chi connectivity index (χ4n) is 5.99. The molecule has 0 saturated carbocycles. The van der Waals surface area contributed by atoms with Crippen molar-refractivity contribution in [3.8, 4) is 0 Å². The number of imide groups is 1. The molecule has 4 aromatic rings. The summed E-state index contributed by atoms with van der Waals surface area (Å²) in [5.74, 6) is -2.96. The van der Waals surface area contributed by atoms with Gasteiger partial charge in [0.2, 0.25) is 17.7 Å². The van der Waals surface area contributed by atoms with Crippen LogP contribution in [0.5, 0.6) is 0 Å². The maximum Gasteiger partial charge on any atom is 0.308 e. The standard InChI is InChI=1S/C32H27Cl2N5O6S2/c1-3-36(4-2)19-8-5-17(6-9-19)25-26-27(30(42)38(29(26)41)20-10-12-21(13-11-20)39(44)45)46-31-28(25)47-32(43)37(31)16-24(40)35-18-7-14-22(33)23(34)15-18/h5-15,25-27H,3-4,16H2,1-2H3,(H,35,40)/t25-,26?,27?/m1/s1. The summed E-state index contributed by atoms with van der Waals surface area (Å²) in [4.78, 5) is 68.8. The second kappa shape index (κ2) is 13.1. The number of hydrogen-bond donors (Lipinski definition) is 1. The molecular weight excluding hydrogens is 685 g/mol. The van der Waals surface area contributed by atoms with Gasteiger partial charge in [-0.15, -0.1) is 0 Å². The van der Waals surface area contributed by atoms with E-state index >= 15 is 0 Å². The summed E-state index contributed by atoms with van der Waals surface area (Å²) < 4.78 is 1.33. The fraction of sp³-hybridized carbons (Fsp3) is 0.250. The van der Waals surface area contributed by atoms with E-state index < -0.39 is 44.6 Å². The minimum atomic E-state index is -0.906. The van der Waals surface area contributed by atoms with Gasteiger partial charge < -0.3 is 10.2 Å². The molecule has 6 rings (SSSR count). The van der Waals surface area contributed by atoms with E-state index in [1.165, 1.54) is 34.9 Å². The predicted octanol–water partition coefficient (Wildman–Crippen LogP) is 6.41. The molecule has 47 heavy (non-hydrogen) atoms. The average Bonchev–Trinajstić information content (AvgIpc) is 3.50. The van der Waals surface area contributed by atoms with Crippen LogP contribution in [-0.2, 0) is 20.9 Å². The van der Waals surface area contributed by atoms with Gasteiger partial charge in [-0.25, -0.2) is 4.90 Å². The normalized spacial score (nSPS) is 18.6. The molecular formula is C32H27Cl2N5O6S2. The third-order valence-electron chi connectivity index (χ3n) is 8.25. The van der Waals surface area contributed by atoms with E-state index in [1.54, 1.807) is 12.1 Å². The van der Waals surface area contributed by atoms with Crippen LogP contribution in [0, 0.1) is 16.0 Å². The number of anilines is 3. The highest BCUT2D eigenvalue weighted by molar-refractivity contribution is 8.00. The van der Waals surface area contributed by atoms with Crippen LogP contribution in [0.15, 0.2) is 76.6 Å². The van der Waals surface area contributed by atoms with Gasteiger partial charge in [0.25, 0.3) is 5.69 Å². The number of rotatable bonds is 9. The summed E-state index contributed by atoms with van der Waals surface area (Å²) >= 11 is 14.1. The first kappa shape index (κ1) is 32.8. The molecule has 3 amide bonds. The Hall–Kier alpha value is -4.17. The number of hydrogen-bond acceptors (Lipinski definition) is 9. The number of thioether (sulfide) groups is 1. The number of nitro groups is 1. The fourth-order valence-corrected chi connectivity index (χ4v) is 9.06. The van der Waals surface area contributed by atoms with Crippen LogP contribution in [0.1, 0.15) is 30.2 Å². The molecule has 2 aliphatic rings. The summed E-state index contributed by atoms with van der Waals surface area (Å²) in [6.07, 6.45) is 0. The van der Waals surface area contributed by atoms with E-state index in [9.17, 15) is 29.3 Å². The van der Waals surface area contributed by atoms with E-state index in [0.29, 0.717) is 20.6 Å². The lowest BCUT2D eigenvalue weighted by Crippen LogP contribution is -2.33. The van der Waals surface area contributed by atoms with Crippen molar-refractivity contribution in [3.05, 3.63) is 107 Å². The van der Waals surface area contributed by atoms with Gasteiger partial charge in [0, 0.05) is 47.4 Å². The van der Waals surface area contributed by atoms with Crippen molar-refractivity contribution in [3.63, 3.8) is 0 Å². The summed E-state index contributed by atoms with van der Waals surface area (Å²) in [6, 6.07) is 17.6. The lowest BCUT2D eigenvalue weighted by atomic mass is 9.83. The van der Waals surface area contributed by atoms with Gasteiger partial charge >= 0.3 is 4.87 Å². The van der Waals surface area contributed by atoms with E-state index in [2.05, 4.69) is 24.1 Å². The lowest BCUT2D eigenvalue weighted by Gasteiger charge is -2.31. The maximum atomic E-state index is 14.1. The molecule has 3 aromatic carbocycles. The number of nitrogens with one attached hydrogen (secondary N) is 1. The SMILES string of the molecule is CCN(CC)c1ccc([C@H]2c3sc(=O)n(CC(=O)Nc4ccc(Cl)c(Cl)c4)c3SC3C(=O)N(c4ccc([N+](=O)[O-])cc4)C(=O)C32)cc1. The second-order valence-corrected chi connectivity index (χ2v) is 13.8. The Morgan fingerprint density at radius 2 is 1.64 bits per heavy atom. The van der Waals surface area contributed by atoms with Crippen molar-refractivity contribution in [2.24, 2.45) is 5.92 Å². The summed E-state index contributed by atoms with van der Waals surface area (Å²) in [5, 5.41) is 14.1. The molecule has 2 unspecified atom stereocenters. The van der Waals surface area contributed by atoms with Crippen molar-refractivity contribution in [2.75, 3.05) is 28.2 Å². The zero-order chi connectivity index (χ0) is 33.6. The van der Waals surface area contributed by atoms with Crippen LogP contribution >= 0.6 is 46.3 Å². The molecule has 3 atom stereocenters. The number of thiazole rings is 1. The first-order valence-electron chi connectivity index (χ1n) is 14.6. The second-order valence-electron chi connectivity index (χ2n) is 10.9. The first-order chi connectivity index (χ1) is 22.5. The highest BCUT2D eigenvalue weighted by Crippen LogP contribution is 2.54. The number of halogens is 2. The van der Waals surface area contributed by atoms with Gasteiger partial charge in [-0.2, -0.15) is 0 Å². The van der Waals surface area contributed by atoms with Crippen molar-refractivity contribution >= 4 is 86.8 Å². The molecule has 1 aromatic heterocycles. The highest BCUT2D eigenvalue weighted by atomic mass is 35.5. The Bertz CT molecular complexity index is 1960. The zero-order valence-corrected chi connectivity index (χ0v) is 28.2. The Balaban J connectivity index is 1.40. The monoisotopic (exact) mass is 711 g/mol. The summed E-state index contributed by atoms with van der Waals surface area (Å²) in [7, 11) is 0. The molecule has 0 aliphatic carbocycles. The van der Waals surface area contributed by atoms with Crippen molar-refractivity contribution in [2.45, 2.75) is 36.6 Å². The van der Waals surface area contributed by atoms with Crippen molar-refractivity contribution in [1.29, 1.82) is 0 Å². The third kappa shape index (κ3) is 6.04. The van der Waals surface area contributed by atoms with Crippen LogP contribution in [0.25, 0.3) is 0 Å². The molecule has 1 N–H and O–H groups in total. The molecule has 0 bridgehead atoms. The Morgan fingerprint density at radius 3 is 2.26 bits per heavy atom. The van der Waals surface area contributed by atoms with Crippen LogP contribution in [0.3, 0.4) is 0 Å². The van der Waals surface area contributed by atoms with E-state index in [4.69, 9.17) is 23.2 Å². The Labute approximate surface area is 287 Å². The van der Waals surface area contributed by atoms with Gasteiger partial charge in [0.05, 0.1) is 31.6 Å². The van der Waals surface area contributed by atoms with Gasteiger partial charge in [-0.1, -0.05) is 58.4 Å². The van der Waals surface area contributed by atoms with E-state index in [0.717, 1.165) is 52.3 Å². The number of benzene rings is 3. The number of fused-ring (bicyclic) bond motifs is 2. The molecule has 0 radical (unpaired) electrons. The first-order valence-corrected chi connectivity index (χ1v) is 17.1. The molecule has 1 saturated heterocycles. The van der Waals surface area contributed by atoms with E-state index in [1.807, 2.05) is 24.3 Å². The third-order valence-corrected chi connectivity index (χ3v) is 11.6. The molecule has 0 spiro atoms. The van der Waals surface area contributed by atoms with Crippen LogP contribution in [0.2, 0.25) is 10.0 Å². The molecule has 11 nitrogen and oxygen atoms in total.